The molecule has 2 atom stereocenters. The lowest BCUT2D eigenvalue weighted by atomic mass is 9.99. The van der Waals surface area contributed by atoms with Gasteiger partial charge >= 0.3 is 5.97 Å². The summed E-state index contributed by atoms with van der Waals surface area (Å²) >= 11 is 1.78. The van der Waals surface area contributed by atoms with Gasteiger partial charge in [-0.25, -0.2) is 0 Å². The van der Waals surface area contributed by atoms with Gasteiger partial charge in [-0.15, -0.1) is 11.3 Å². The van der Waals surface area contributed by atoms with Gasteiger partial charge in [-0.2, -0.15) is 0 Å². The summed E-state index contributed by atoms with van der Waals surface area (Å²) < 4.78 is 0. The second-order valence-corrected chi connectivity index (χ2v) is 6.32. The average molecular weight is 267 g/mol. The van der Waals surface area contributed by atoms with E-state index in [4.69, 9.17) is 5.11 Å². The molecule has 4 heteroatoms. The Kier molecular flexibility index (Phi) is 4.40. The smallest absolute Gasteiger partial charge is 0.304 e. The molecule has 1 aromatic heterocycles. The van der Waals surface area contributed by atoms with E-state index in [2.05, 4.69) is 36.3 Å². The molecule has 0 spiro atoms. The zero-order valence-corrected chi connectivity index (χ0v) is 11.8. The summed E-state index contributed by atoms with van der Waals surface area (Å²) in [6.45, 7) is 5.47. The highest BCUT2D eigenvalue weighted by atomic mass is 32.1. The van der Waals surface area contributed by atoms with Gasteiger partial charge in [0.05, 0.1) is 6.42 Å². The van der Waals surface area contributed by atoms with Crippen molar-refractivity contribution in [2.24, 2.45) is 5.92 Å². The van der Waals surface area contributed by atoms with Crippen LogP contribution < -0.4 is 0 Å². The van der Waals surface area contributed by atoms with Crippen molar-refractivity contribution in [2.75, 3.05) is 6.54 Å². The molecule has 1 aliphatic rings. The molecular formula is C14H21NO2S. The van der Waals surface area contributed by atoms with Crippen LogP contribution in [0, 0.1) is 5.92 Å². The number of hydrogen-bond donors (Lipinski definition) is 1. The van der Waals surface area contributed by atoms with Crippen molar-refractivity contribution in [1.82, 2.24) is 4.90 Å². The van der Waals surface area contributed by atoms with Crippen LogP contribution in [-0.4, -0.2) is 28.6 Å². The average Bonchev–Trinajstić information content (AvgIpc) is 2.90. The molecule has 1 aromatic rings. The van der Waals surface area contributed by atoms with Crippen LogP contribution in [0.2, 0.25) is 0 Å². The summed E-state index contributed by atoms with van der Waals surface area (Å²) in [5, 5.41) is 11.1. The van der Waals surface area contributed by atoms with Crippen molar-refractivity contribution >= 4 is 17.3 Å². The van der Waals surface area contributed by atoms with Gasteiger partial charge in [0.15, 0.2) is 0 Å². The highest BCUT2D eigenvalue weighted by molar-refractivity contribution is 7.10. The van der Waals surface area contributed by atoms with Gasteiger partial charge in [-0.3, -0.25) is 9.69 Å². The third-order valence-electron chi connectivity index (χ3n) is 3.66. The molecule has 1 fully saturated rings. The second-order valence-electron chi connectivity index (χ2n) is 5.34. The molecule has 0 amide bonds. The minimum Gasteiger partial charge on any atom is -0.481 e. The third-order valence-corrected chi connectivity index (χ3v) is 4.60. The standard InChI is InChI=1S/C14H21NO2S/c1-10(2)14(12-6-4-8-18-12)15-7-3-5-11(15)9-13(16)17/h4,6,8,10-11,14H,3,5,7,9H2,1-2H3,(H,16,17). The number of hydrogen-bond acceptors (Lipinski definition) is 3. The van der Waals surface area contributed by atoms with Gasteiger partial charge in [0.2, 0.25) is 0 Å². The monoisotopic (exact) mass is 267 g/mol. The minimum atomic E-state index is -0.680. The second kappa shape index (κ2) is 5.85. The molecule has 2 unspecified atom stereocenters. The summed E-state index contributed by atoms with van der Waals surface area (Å²) in [6.07, 6.45) is 2.40. The first kappa shape index (κ1) is 13.6. The van der Waals surface area contributed by atoms with E-state index in [9.17, 15) is 4.79 Å². The molecule has 0 radical (unpaired) electrons. The fraction of sp³-hybridized carbons (Fsp3) is 0.643. The quantitative estimate of drug-likeness (QED) is 0.889. The zero-order valence-electron chi connectivity index (χ0n) is 11.0. The maximum Gasteiger partial charge on any atom is 0.304 e. The summed E-state index contributed by atoms with van der Waals surface area (Å²) in [4.78, 5) is 14.7. The van der Waals surface area contributed by atoms with Crippen LogP contribution in [0.4, 0.5) is 0 Å². The van der Waals surface area contributed by atoms with Gasteiger partial charge in [-0.05, 0) is 36.8 Å². The number of carbonyl (C=O) groups is 1. The van der Waals surface area contributed by atoms with Crippen molar-refractivity contribution in [1.29, 1.82) is 0 Å². The van der Waals surface area contributed by atoms with Crippen molar-refractivity contribution in [3.05, 3.63) is 22.4 Å². The topological polar surface area (TPSA) is 40.5 Å². The SMILES string of the molecule is CC(C)C(c1cccs1)N1CCCC1CC(=O)O. The number of carboxylic acid groups (broad SMARTS) is 1. The first-order chi connectivity index (χ1) is 8.59. The Balaban J connectivity index is 2.17. The summed E-state index contributed by atoms with van der Waals surface area (Å²) in [6, 6.07) is 4.83. The zero-order chi connectivity index (χ0) is 13.1. The minimum absolute atomic E-state index is 0.206. The van der Waals surface area contributed by atoms with Crippen LogP contribution in [0.3, 0.4) is 0 Å². The molecular weight excluding hydrogens is 246 g/mol. The lowest BCUT2D eigenvalue weighted by Crippen LogP contribution is -2.37. The van der Waals surface area contributed by atoms with Gasteiger partial charge < -0.3 is 5.11 Å². The summed E-state index contributed by atoms with van der Waals surface area (Å²) in [7, 11) is 0. The van der Waals surface area contributed by atoms with Crippen molar-refractivity contribution in [3.8, 4) is 0 Å². The molecule has 2 rings (SSSR count). The predicted molar refractivity (Wildman–Crippen MR) is 73.9 cm³/mol. The molecule has 2 heterocycles. The van der Waals surface area contributed by atoms with E-state index in [1.165, 1.54) is 4.88 Å². The molecule has 1 saturated heterocycles. The number of likely N-dealkylation sites (tertiary alicyclic amines) is 1. The number of aliphatic carboxylic acids is 1. The van der Waals surface area contributed by atoms with Gasteiger partial charge in [-0.1, -0.05) is 19.9 Å². The summed E-state index contributed by atoms with van der Waals surface area (Å²) in [5.74, 6) is -0.168. The number of carboxylic acids is 1. The van der Waals surface area contributed by atoms with Crippen LogP contribution in [0.25, 0.3) is 0 Å². The molecule has 0 aromatic carbocycles. The van der Waals surface area contributed by atoms with E-state index < -0.39 is 5.97 Å². The number of nitrogens with zero attached hydrogens (tertiary/aromatic N) is 1. The Morgan fingerprint density at radius 2 is 2.39 bits per heavy atom. The fourth-order valence-electron chi connectivity index (χ4n) is 2.98. The molecule has 0 bridgehead atoms. The Hall–Kier alpha value is -0.870. The van der Waals surface area contributed by atoms with E-state index in [-0.39, 0.29) is 12.5 Å². The maximum absolute atomic E-state index is 11.0. The van der Waals surface area contributed by atoms with Crippen molar-refractivity contribution in [3.63, 3.8) is 0 Å². The lowest BCUT2D eigenvalue weighted by molar-refractivity contribution is -0.138. The Labute approximate surface area is 112 Å². The Bertz CT molecular complexity index is 389. The number of rotatable bonds is 5. The van der Waals surface area contributed by atoms with Crippen LogP contribution >= 0.6 is 11.3 Å². The van der Waals surface area contributed by atoms with Gasteiger partial charge in [0, 0.05) is 17.0 Å². The Morgan fingerprint density at radius 3 is 2.94 bits per heavy atom. The molecule has 0 saturated carbocycles. The van der Waals surface area contributed by atoms with E-state index in [1.807, 2.05) is 0 Å². The van der Waals surface area contributed by atoms with Gasteiger partial charge in [0.25, 0.3) is 0 Å². The maximum atomic E-state index is 11.0. The normalized spacial score (nSPS) is 22.5. The van der Waals surface area contributed by atoms with Crippen LogP contribution in [0.15, 0.2) is 17.5 Å². The van der Waals surface area contributed by atoms with E-state index in [0.29, 0.717) is 12.0 Å². The molecule has 1 aliphatic heterocycles. The Morgan fingerprint density at radius 1 is 1.61 bits per heavy atom. The predicted octanol–water partition coefficient (Wildman–Crippen LogP) is 3.38. The highest BCUT2D eigenvalue weighted by Gasteiger charge is 2.34. The van der Waals surface area contributed by atoms with Crippen molar-refractivity contribution < 1.29 is 9.90 Å². The first-order valence-electron chi connectivity index (χ1n) is 6.60. The van der Waals surface area contributed by atoms with E-state index in [0.717, 1.165) is 19.4 Å². The largest absolute Gasteiger partial charge is 0.481 e. The molecule has 3 nitrogen and oxygen atoms in total. The van der Waals surface area contributed by atoms with E-state index in [1.54, 1.807) is 11.3 Å². The summed E-state index contributed by atoms with van der Waals surface area (Å²) in [5.41, 5.74) is 0. The fourth-order valence-corrected chi connectivity index (χ4v) is 4.00. The molecule has 0 aliphatic carbocycles. The van der Waals surface area contributed by atoms with E-state index >= 15 is 0 Å². The molecule has 100 valence electrons. The molecule has 18 heavy (non-hydrogen) atoms. The highest BCUT2D eigenvalue weighted by Crippen LogP contribution is 2.37. The lowest BCUT2D eigenvalue weighted by Gasteiger charge is -2.34. The van der Waals surface area contributed by atoms with Crippen molar-refractivity contribution in [2.45, 2.75) is 45.2 Å². The number of thiophene rings is 1. The van der Waals surface area contributed by atoms with Gasteiger partial charge in [0.1, 0.15) is 0 Å². The third kappa shape index (κ3) is 2.93. The van der Waals surface area contributed by atoms with Crippen LogP contribution in [0.5, 0.6) is 0 Å². The van der Waals surface area contributed by atoms with Crippen LogP contribution in [0.1, 0.15) is 44.0 Å². The first-order valence-corrected chi connectivity index (χ1v) is 7.48. The van der Waals surface area contributed by atoms with Crippen LogP contribution in [-0.2, 0) is 4.79 Å². The molecule has 1 N–H and O–H groups in total.